The molecule has 1 fully saturated rings. The zero-order valence-electron chi connectivity index (χ0n) is 8.80. The third kappa shape index (κ3) is 1.77. The second-order valence-electron chi connectivity index (χ2n) is 4.56. The van der Waals surface area contributed by atoms with Gasteiger partial charge in [-0.3, -0.25) is 0 Å². The largest absolute Gasteiger partial charge is 0.0590 e. The number of aryl methyl sites for hydroxylation is 1. The van der Waals surface area contributed by atoms with Gasteiger partial charge in [-0.25, -0.2) is 0 Å². The van der Waals surface area contributed by atoms with E-state index in [1.54, 1.807) is 11.1 Å². The van der Waals surface area contributed by atoms with E-state index in [1.807, 2.05) is 0 Å². The summed E-state index contributed by atoms with van der Waals surface area (Å²) in [6.45, 7) is 6.77. The van der Waals surface area contributed by atoms with Crippen molar-refractivity contribution in [3.05, 3.63) is 34.9 Å². The molecule has 1 aliphatic carbocycles. The summed E-state index contributed by atoms with van der Waals surface area (Å²) >= 11 is 0. The molecule has 0 spiro atoms. The molecule has 0 heterocycles. The first-order valence-electron chi connectivity index (χ1n) is 5.29. The molecule has 0 atom stereocenters. The Bertz CT molecular complexity index is 306. The average Bonchev–Trinajstić information content (AvgIpc) is 2.85. The molecule has 1 aromatic rings. The van der Waals surface area contributed by atoms with Crippen molar-refractivity contribution in [1.29, 1.82) is 0 Å². The van der Waals surface area contributed by atoms with Gasteiger partial charge < -0.3 is 0 Å². The molecule has 1 saturated carbocycles. The summed E-state index contributed by atoms with van der Waals surface area (Å²) in [4.78, 5) is 0. The van der Waals surface area contributed by atoms with Gasteiger partial charge in [0.2, 0.25) is 0 Å². The van der Waals surface area contributed by atoms with Crippen LogP contribution < -0.4 is 0 Å². The minimum absolute atomic E-state index is 0.677. The first-order chi connectivity index (χ1) is 6.18. The molecular weight excluding hydrogens is 156 g/mol. The fraction of sp³-hybridized carbons (Fsp3) is 0.538. The van der Waals surface area contributed by atoms with Crippen molar-refractivity contribution in [3.8, 4) is 0 Å². The lowest BCUT2D eigenvalue weighted by Crippen LogP contribution is -1.95. The molecule has 0 saturated heterocycles. The second-order valence-corrected chi connectivity index (χ2v) is 4.56. The van der Waals surface area contributed by atoms with Crippen LogP contribution in [0.1, 0.15) is 55.2 Å². The van der Waals surface area contributed by atoms with Crippen molar-refractivity contribution >= 4 is 0 Å². The summed E-state index contributed by atoms with van der Waals surface area (Å²) in [5.41, 5.74) is 4.59. The number of benzene rings is 1. The molecule has 0 aromatic heterocycles. The third-order valence-electron chi connectivity index (χ3n) is 2.88. The van der Waals surface area contributed by atoms with Gasteiger partial charge in [0, 0.05) is 0 Å². The van der Waals surface area contributed by atoms with Crippen LogP contribution in [0.25, 0.3) is 0 Å². The lowest BCUT2D eigenvalue weighted by Gasteiger charge is -2.12. The van der Waals surface area contributed by atoms with Gasteiger partial charge in [-0.1, -0.05) is 37.6 Å². The Labute approximate surface area is 81.0 Å². The van der Waals surface area contributed by atoms with Crippen LogP contribution in [-0.2, 0) is 0 Å². The molecule has 0 N–H and O–H groups in total. The van der Waals surface area contributed by atoms with E-state index in [-0.39, 0.29) is 0 Å². The smallest absolute Gasteiger partial charge is 0.0159 e. The first kappa shape index (κ1) is 8.80. The van der Waals surface area contributed by atoms with Crippen LogP contribution in [0, 0.1) is 6.92 Å². The van der Waals surface area contributed by atoms with Crippen LogP contribution in [0.2, 0.25) is 0 Å². The summed E-state index contributed by atoms with van der Waals surface area (Å²) in [5.74, 6) is 1.56. The van der Waals surface area contributed by atoms with E-state index in [0.717, 1.165) is 5.92 Å². The standard InChI is InChI=1S/C13H18/c1-9(2)12-7-4-10(3)8-13(12)11-5-6-11/h4,7-9,11H,5-6H2,1-3H3. The van der Waals surface area contributed by atoms with Gasteiger partial charge in [-0.2, -0.15) is 0 Å². The van der Waals surface area contributed by atoms with E-state index in [1.165, 1.54) is 18.4 Å². The van der Waals surface area contributed by atoms with Crippen molar-refractivity contribution in [2.75, 3.05) is 0 Å². The topological polar surface area (TPSA) is 0 Å². The highest BCUT2D eigenvalue weighted by Crippen LogP contribution is 2.43. The zero-order chi connectivity index (χ0) is 9.42. The van der Waals surface area contributed by atoms with Crippen molar-refractivity contribution in [2.24, 2.45) is 0 Å². The highest BCUT2D eigenvalue weighted by atomic mass is 14.3. The fourth-order valence-electron chi connectivity index (χ4n) is 1.97. The van der Waals surface area contributed by atoms with Crippen LogP contribution in [0.5, 0.6) is 0 Å². The maximum atomic E-state index is 2.38. The molecule has 0 aliphatic heterocycles. The predicted octanol–water partition coefficient (Wildman–Crippen LogP) is 4.00. The second kappa shape index (κ2) is 3.17. The highest BCUT2D eigenvalue weighted by molar-refractivity contribution is 5.38. The van der Waals surface area contributed by atoms with Gasteiger partial charge in [-0.15, -0.1) is 0 Å². The van der Waals surface area contributed by atoms with Crippen LogP contribution in [0.15, 0.2) is 18.2 Å². The van der Waals surface area contributed by atoms with Gasteiger partial charge in [0.1, 0.15) is 0 Å². The average molecular weight is 174 g/mol. The number of hydrogen-bond donors (Lipinski definition) is 0. The van der Waals surface area contributed by atoms with Gasteiger partial charge in [-0.05, 0) is 42.7 Å². The monoisotopic (exact) mass is 174 g/mol. The number of hydrogen-bond acceptors (Lipinski definition) is 0. The maximum absolute atomic E-state index is 2.38. The maximum Gasteiger partial charge on any atom is -0.0159 e. The molecule has 0 heteroatoms. The Balaban J connectivity index is 2.42. The summed E-state index contributed by atoms with van der Waals surface area (Å²) in [7, 11) is 0. The Morgan fingerprint density at radius 3 is 2.46 bits per heavy atom. The molecule has 0 radical (unpaired) electrons. The molecule has 0 unspecified atom stereocenters. The van der Waals surface area contributed by atoms with Crippen LogP contribution in [0.4, 0.5) is 0 Å². The van der Waals surface area contributed by atoms with Crippen molar-refractivity contribution in [3.63, 3.8) is 0 Å². The van der Waals surface area contributed by atoms with Crippen LogP contribution in [-0.4, -0.2) is 0 Å². The quantitative estimate of drug-likeness (QED) is 0.635. The predicted molar refractivity (Wildman–Crippen MR) is 57.2 cm³/mol. The van der Waals surface area contributed by atoms with Gasteiger partial charge >= 0.3 is 0 Å². The first-order valence-corrected chi connectivity index (χ1v) is 5.29. The van der Waals surface area contributed by atoms with E-state index in [9.17, 15) is 0 Å². The van der Waals surface area contributed by atoms with Crippen LogP contribution >= 0.6 is 0 Å². The van der Waals surface area contributed by atoms with E-state index in [0.29, 0.717) is 5.92 Å². The van der Waals surface area contributed by atoms with Gasteiger partial charge in [0.25, 0.3) is 0 Å². The minimum atomic E-state index is 0.677. The Kier molecular flexibility index (Phi) is 2.15. The molecule has 70 valence electrons. The number of rotatable bonds is 2. The van der Waals surface area contributed by atoms with Gasteiger partial charge in [0.05, 0.1) is 0 Å². The van der Waals surface area contributed by atoms with Gasteiger partial charge in [0.15, 0.2) is 0 Å². The SMILES string of the molecule is Cc1ccc(C(C)C)c(C2CC2)c1. The molecule has 0 amide bonds. The lowest BCUT2D eigenvalue weighted by molar-refractivity contribution is 0.841. The zero-order valence-corrected chi connectivity index (χ0v) is 8.80. The van der Waals surface area contributed by atoms with E-state index < -0.39 is 0 Å². The molecule has 0 bridgehead atoms. The van der Waals surface area contributed by atoms with E-state index >= 15 is 0 Å². The summed E-state index contributed by atoms with van der Waals surface area (Å²) in [6.07, 6.45) is 2.81. The van der Waals surface area contributed by atoms with Crippen LogP contribution in [0.3, 0.4) is 0 Å². The van der Waals surface area contributed by atoms with Crippen molar-refractivity contribution in [2.45, 2.75) is 45.4 Å². The highest BCUT2D eigenvalue weighted by Gasteiger charge is 2.26. The van der Waals surface area contributed by atoms with Crippen molar-refractivity contribution < 1.29 is 0 Å². The van der Waals surface area contributed by atoms with E-state index in [2.05, 4.69) is 39.0 Å². The lowest BCUT2D eigenvalue weighted by atomic mass is 9.93. The minimum Gasteiger partial charge on any atom is -0.0590 e. The summed E-state index contributed by atoms with van der Waals surface area (Å²) in [6, 6.07) is 6.93. The Morgan fingerprint density at radius 1 is 1.23 bits per heavy atom. The normalized spacial score (nSPS) is 16.6. The summed E-state index contributed by atoms with van der Waals surface area (Å²) in [5, 5.41) is 0. The molecule has 0 nitrogen and oxygen atoms in total. The Morgan fingerprint density at radius 2 is 1.92 bits per heavy atom. The third-order valence-corrected chi connectivity index (χ3v) is 2.88. The fourth-order valence-corrected chi connectivity index (χ4v) is 1.97. The summed E-state index contributed by atoms with van der Waals surface area (Å²) < 4.78 is 0. The Hall–Kier alpha value is -0.780. The molecular formula is C13H18. The molecule has 13 heavy (non-hydrogen) atoms. The van der Waals surface area contributed by atoms with E-state index in [4.69, 9.17) is 0 Å². The van der Waals surface area contributed by atoms with Crippen molar-refractivity contribution in [1.82, 2.24) is 0 Å². The molecule has 2 rings (SSSR count). The molecule has 1 aromatic carbocycles. The molecule has 1 aliphatic rings.